The summed E-state index contributed by atoms with van der Waals surface area (Å²) in [4.78, 5) is 77.9. The molecular weight excluding hydrogens is 551 g/mol. The van der Waals surface area contributed by atoms with Crippen molar-refractivity contribution in [2.45, 2.75) is 139 Å². The molecule has 0 unspecified atom stereocenters. The van der Waals surface area contributed by atoms with Crippen molar-refractivity contribution in [1.29, 1.82) is 0 Å². The molecule has 234 valence electrons. The molecule has 0 aromatic heterocycles. The second-order valence-corrected chi connectivity index (χ2v) is 19.0. The van der Waals surface area contributed by atoms with Gasteiger partial charge in [-0.15, -0.1) is 0 Å². The Morgan fingerprint density at radius 2 is 0.525 bits per heavy atom. The van der Waals surface area contributed by atoms with E-state index in [1.807, 2.05) is 41.5 Å². The standard InChI is InChI=1S/3C11H19O2.Co/c3*1-10(2,3)8(12)7-9(13)11(4,5)6;/h3*1,7H2,2-6H3;. The van der Waals surface area contributed by atoms with E-state index in [-0.39, 0.29) is 54.0 Å². The average Bonchev–Trinajstić information content (AvgIpc) is 2.70. The van der Waals surface area contributed by atoms with Gasteiger partial charge in [-0.25, -0.2) is 0 Å². The third kappa shape index (κ3) is 12.2. The van der Waals surface area contributed by atoms with E-state index in [2.05, 4.69) is 0 Å². The van der Waals surface area contributed by atoms with E-state index in [0.29, 0.717) is 16.1 Å². The molecule has 0 aliphatic carbocycles. The first-order valence-corrected chi connectivity index (χ1v) is 16.3. The molecule has 0 fully saturated rings. The maximum absolute atomic E-state index is 13.3. The van der Waals surface area contributed by atoms with Crippen LogP contribution in [0, 0.1) is 32.5 Å². The number of rotatable bonds is 15. The second kappa shape index (κ2) is 13.2. The molecule has 0 aromatic rings. The van der Waals surface area contributed by atoms with Gasteiger partial charge in [0.15, 0.2) is 0 Å². The van der Waals surface area contributed by atoms with Crippen LogP contribution >= 0.6 is 0 Å². The fourth-order valence-corrected chi connectivity index (χ4v) is 8.43. The van der Waals surface area contributed by atoms with E-state index in [9.17, 15) is 28.8 Å². The zero-order valence-electron chi connectivity index (χ0n) is 28.0. The van der Waals surface area contributed by atoms with Crippen LogP contribution in [-0.2, 0) is 42.4 Å². The number of carbonyl (C=O) groups is 6. The van der Waals surface area contributed by atoms with Crippen molar-refractivity contribution >= 4 is 34.7 Å². The molecule has 0 spiro atoms. The van der Waals surface area contributed by atoms with Crippen molar-refractivity contribution in [2.75, 3.05) is 0 Å². The van der Waals surface area contributed by atoms with Crippen molar-refractivity contribution < 1.29 is 42.4 Å². The molecule has 0 saturated heterocycles. The number of hydrogen-bond donors (Lipinski definition) is 0. The third-order valence-electron chi connectivity index (χ3n) is 7.12. The molecule has 0 amide bonds. The Morgan fingerprint density at radius 1 is 0.350 bits per heavy atom. The van der Waals surface area contributed by atoms with Crippen LogP contribution in [0.15, 0.2) is 0 Å². The van der Waals surface area contributed by atoms with Crippen molar-refractivity contribution in [3.8, 4) is 0 Å². The van der Waals surface area contributed by atoms with E-state index in [1.165, 1.54) is 0 Å². The molecule has 0 aliphatic heterocycles. The van der Waals surface area contributed by atoms with E-state index >= 15 is 0 Å². The van der Waals surface area contributed by atoms with Crippen molar-refractivity contribution in [1.82, 2.24) is 0 Å². The van der Waals surface area contributed by atoms with Crippen molar-refractivity contribution in [3.05, 3.63) is 0 Å². The average molecular weight is 609 g/mol. The predicted octanol–water partition coefficient (Wildman–Crippen LogP) is 7.66. The van der Waals surface area contributed by atoms with Crippen LogP contribution in [0.4, 0.5) is 0 Å². The molecule has 0 heterocycles. The van der Waals surface area contributed by atoms with Gasteiger partial charge in [-0.3, -0.25) is 0 Å². The fourth-order valence-electron chi connectivity index (χ4n) is 3.52. The first-order chi connectivity index (χ1) is 17.4. The topological polar surface area (TPSA) is 102 Å². The summed E-state index contributed by atoms with van der Waals surface area (Å²) in [5.41, 5.74) is -4.40. The zero-order chi connectivity index (χ0) is 32.3. The Balaban J connectivity index is 6.21. The minimum absolute atomic E-state index is 0.123. The summed E-state index contributed by atoms with van der Waals surface area (Å²) >= 11 is -1.05. The normalized spacial score (nSPS) is 14.0. The van der Waals surface area contributed by atoms with Gasteiger partial charge in [0.25, 0.3) is 0 Å². The molecule has 0 saturated carbocycles. The van der Waals surface area contributed by atoms with Gasteiger partial charge in [-0.1, -0.05) is 0 Å². The molecule has 0 atom stereocenters. The SMILES string of the molecule is CC(C)(C)C(=O)CC(=O)C(C)(C)[CH2][Co]([CH2]C(C)(C)C(=O)CC(=O)C(C)(C)C)[CH2]C(C)(C)C(=O)CC(=O)C(C)(C)C. The van der Waals surface area contributed by atoms with Gasteiger partial charge in [-0.2, -0.15) is 0 Å². The van der Waals surface area contributed by atoms with Gasteiger partial charge in [-0.05, 0) is 0 Å². The van der Waals surface area contributed by atoms with Gasteiger partial charge in [0.2, 0.25) is 0 Å². The Kier molecular flexibility index (Phi) is 12.7. The Hall–Kier alpha value is -1.47. The maximum atomic E-state index is 13.3. The molecule has 0 aliphatic rings. The van der Waals surface area contributed by atoms with Gasteiger partial charge in [0.1, 0.15) is 0 Å². The molecule has 7 heteroatoms. The Morgan fingerprint density at radius 3 is 0.675 bits per heavy atom. The number of Topliss-reactive ketones (excluding diaryl/α,β-unsaturated/α-hetero) is 6. The molecule has 0 rings (SSSR count). The van der Waals surface area contributed by atoms with Gasteiger partial charge >= 0.3 is 249 Å². The van der Waals surface area contributed by atoms with Crippen LogP contribution in [0.3, 0.4) is 0 Å². The van der Waals surface area contributed by atoms with E-state index < -0.39 is 46.1 Å². The molecule has 40 heavy (non-hydrogen) atoms. The van der Waals surface area contributed by atoms with E-state index in [4.69, 9.17) is 0 Å². The monoisotopic (exact) mass is 608 g/mol. The van der Waals surface area contributed by atoms with Crippen LogP contribution in [0.5, 0.6) is 0 Å². The van der Waals surface area contributed by atoms with Crippen molar-refractivity contribution in [3.63, 3.8) is 0 Å². The summed E-state index contributed by atoms with van der Waals surface area (Å²) in [7, 11) is 0. The molecule has 0 N–H and O–H groups in total. The van der Waals surface area contributed by atoms with Crippen LogP contribution in [0.25, 0.3) is 0 Å². The Labute approximate surface area is 248 Å². The first kappa shape index (κ1) is 38.5. The summed E-state index contributed by atoms with van der Waals surface area (Å²) in [6, 6.07) is 0. The fraction of sp³-hybridized carbons (Fsp3) is 0.818. The molecule has 0 aromatic carbocycles. The van der Waals surface area contributed by atoms with Crippen LogP contribution in [-0.4, -0.2) is 34.7 Å². The molecule has 0 radical (unpaired) electrons. The van der Waals surface area contributed by atoms with E-state index in [1.54, 1.807) is 62.3 Å². The van der Waals surface area contributed by atoms with Crippen LogP contribution < -0.4 is 0 Å². The number of ketones is 6. The number of carbonyl (C=O) groups excluding carboxylic acids is 6. The van der Waals surface area contributed by atoms with Gasteiger partial charge < -0.3 is 0 Å². The first-order valence-electron chi connectivity index (χ1n) is 14.1. The summed E-state index contributed by atoms with van der Waals surface area (Å²) in [5, 5.41) is 1.30. The zero-order valence-corrected chi connectivity index (χ0v) is 29.1. The molecule has 6 nitrogen and oxygen atoms in total. The van der Waals surface area contributed by atoms with Crippen molar-refractivity contribution in [2.24, 2.45) is 32.5 Å². The molecular formula is C33H57CoO6. The second-order valence-electron chi connectivity index (χ2n) is 16.3. The minimum atomic E-state index is -1.05. The van der Waals surface area contributed by atoms with E-state index in [0.717, 1.165) is 0 Å². The Bertz CT molecular complexity index is 865. The predicted molar refractivity (Wildman–Crippen MR) is 158 cm³/mol. The molecule has 0 bridgehead atoms. The van der Waals surface area contributed by atoms with Gasteiger partial charge in [0.05, 0.1) is 0 Å². The summed E-state index contributed by atoms with van der Waals surface area (Å²) in [5.74, 6) is -0.832. The summed E-state index contributed by atoms with van der Waals surface area (Å²) in [6.45, 7) is 27.1. The summed E-state index contributed by atoms with van der Waals surface area (Å²) in [6.07, 6.45) is -0.488. The number of hydrogen-bond acceptors (Lipinski definition) is 6. The van der Waals surface area contributed by atoms with Gasteiger partial charge in [0, 0.05) is 0 Å². The third-order valence-corrected chi connectivity index (χ3v) is 11.4. The van der Waals surface area contributed by atoms with Crippen LogP contribution in [0.2, 0.25) is 16.1 Å². The summed E-state index contributed by atoms with van der Waals surface area (Å²) < 4.78 is 0. The van der Waals surface area contributed by atoms with Crippen LogP contribution in [0.1, 0.15) is 123 Å². The quantitative estimate of drug-likeness (QED) is 0.177.